The Morgan fingerprint density at radius 1 is 1.31 bits per heavy atom. The molecule has 1 aliphatic carbocycles. The van der Waals surface area contributed by atoms with Gasteiger partial charge in [0.05, 0.1) is 0 Å². The molecule has 1 fully saturated rings. The molecule has 1 rings (SSSR count). The summed E-state index contributed by atoms with van der Waals surface area (Å²) >= 11 is 0. The second-order valence-corrected chi connectivity index (χ2v) is 4.67. The molecule has 0 amide bonds. The number of hydrogen-bond acceptors (Lipinski definition) is 1. The Hall–Kier alpha value is -0.0400. The lowest BCUT2D eigenvalue weighted by Crippen LogP contribution is -2.06. The highest BCUT2D eigenvalue weighted by atomic mass is 16.5. The summed E-state index contributed by atoms with van der Waals surface area (Å²) in [5, 5.41) is 0. The molecule has 0 N–H and O–H groups in total. The average Bonchev–Trinajstić information content (AvgIpc) is 2.53. The van der Waals surface area contributed by atoms with Crippen molar-refractivity contribution < 1.29 is 4.74 Å². The number of ether oxygens (including phenoxy) is 1. The van der Waals surface area contributed by atoms with Gasteiger partial charge in [-0.05, 0) is 43.9 Å². The molecular formula is C12H24O. The Bertz CT molecular complexity index is 131. The Morgan fingerprint density at radius 2 is 2.08 bits per heavy atom. The number of hydrogen-bond donors (Lipinski definition) is 0. The SMILES string of the molecule is CCOCCC1CCC(C(C)C)C1. The molecule has 0 heterocycles. The fraction of sp³-hybridized carbons (Fsp3) is 1.00. The van der Waals surface area contributed by atoms with Crippen LogP contribution in [0.5, 0.6) is 0 Å². The normalized spacial score (nSPS) is 28.6. The van der Waals surface area contributed by atoms with Crippen molar-refractivity contribution in [3.05, 3.63) is 0 Å². The average molecular weight is 184 g/mol. The van der Waals surface area contributed by atoms with Crippen LogP contribution in [-0.4, -0.2) is 13.2 Å². The molecule has 0 aromatic rings. The summed E-state index contributed by atoms with van der Waals surface area (Å²) in [4.78, 5) is 0. The molecule has 0 aliphatic heterocycles. The largest absolute Gasteiger partial charge is 0.382 e. The van der Waals surface area contributed by atoms with Crippen molar-refractivity contribution in [2.24, 2.45) is 17.8 Å². The van der Waals surface area contributed by atoms with Gasteiger partial charge in [-0.25, -0.2) is 0 Å². The Balaban J connectivity index is 2.10. The first kappa shape index (κ1) is 11.0. The van der Waals surface area contributed by atoms with Crippen molar-refractivity contribution in [1.29, 1.82) is 0 Å². The van der Waals surface area contributed by atoms with E-state index in [9.17, 15) is 0 Å². The van der Waals surface area contributed by atoms with Crippen LogP contribution in [0.25, 0.3) is 0 Å². The predicted octanol–water partition coefficient (Wildman–Crippen LogP) is 3.49. The van der Waals surface area contributed by atoms with Crippen molar-refractivity contribution in [1.82, 2.24) is 0 Å². The van der Waals surface area contributed by atoms with Crippen LogP contribution >= 0.6 is 0 Å². The van der Waals surface area contributed by atoms with E-state index in [2.05, 4.69) is 20.8 Å². The molecule has 2 unspecified atom stereocenters. The summed E-state index contributed by atoms with van der Waals surface area (Å²) in [6.07, 6.45) is 5.63. The third kappa shape index (κ3) is 3.68. The maximum atomic E-state index is 5.39. The van der Waals surface area contributed by atoms with Gasteiger partial charge in [-0.1, -0.05) is 20.3 Å². The van der Waals surface area contributed by atoms with E-state index in [1.165, 1.54) is 25.7 Å². The zero-order chi connectivity index (χ0) is 9.68. The lowest BCUT2D eigenvalue weighted by atomic mass is 9.93. The van der Waals surface area contributed by atoms with Gasteiger partial charge in [0.25, 0.3) is 0 Å². The predicted molar refractivity (Wildman–Crippen MR) is 56.8 cm³/mol. The molecular weight excluding hydrogens is 160 g/mol. The van der Waals surface area contributed by atoms with Gasteiger partial charge in [-0.15, -0.1) is 0 Å². The second kappa shape index (κ2) is 5.64. The van der Waals surface area contributed by atoms with Gasteiger partial charge in [0, 0.05) is 13.2 Å². The van der Waals surface area contributed by atoms with Crippen LogP contribution in [0.4, 0.5) is 0 Å². The quantitative estimate of drug-likeness (QED) is 0.594. The first-order valence-corrected chi connectivity index (χ1v) is 5.81. The van der Waals surface area contributed by atoms with Gasteiger partial charge in [-0.2, -0.15) is 0 Å². The summed E-state index contributed by atoms with van der Waals surface area (Å²) in [7, 11) is 0. The lowest BCUT2D eigenvalue weighted by molar-refractivity contribution is 0.131. The first-order valence-electron chi connectivity index (χ1n) is 5.81. The molecule has 0 aromatic carbocycles. The van der Waals surface area contributed by atoms with Crippen molar-refractivity contribution >= 4 is 0 Å². The summed E-state index contributed by atoms with van der Waals surface area (Å²) in [5.41, 5.74) is 0. The molecule has 78 valence electrons. The van der Waals surface area contributed by atoms with Crippen LogP contribution in [0.3, 0.4) is 0 Å². The van der Waals surface area contributed by atoms with E-state index >= 15 is 0 Å². The minimum absolute atomic E-state index is 0.875. The smallest absolute Gasteiger partial charge is 0.0468 e. The van der Waals surface area contributed by atoms with Gasteiger partial charge >= 0.3 is 0 Å². The van der Waals surface area contributed by atoms with Crippen molar-refractivity contribution in [3.63, 3.8) is 0 Å². The van der Waals surface area contributed by atoms with Crippen LogP contribution in [0.1, 0.15) is 46.5 Å². The van der Waals surface area contributed by atoms with Crippen LogP contribution in [0.2, 0.25) is 0 Å². The topological polar surface area (TPSA) is 9.23 Å². The maximum Gasteiger partial charge on any atom is 0.0468 e. The van der Waals surface area contributed by atoms with E-state index in [0.29, 0.717) is 0 Å². The summed E-state index contributed by atoms with van der Waals surface area (Å²) in [5.74, 6) is 2.84. The fourth-order valence-electron chi connectivity index (χ4n) is 2.38. The molecule has 0 spiro atoms. The van der Waals surface area contributed by atoms with Crippen molar-refractivity contribution in [3.8, 4) is 0 Å². The standard InChI is InChI=1S/C12H24O/c1-4-13-8-7-11-5-6-12(9-11)10(2)3/h10-12H,4-9H2,1-3H3. The Kier molecular flexibility index (Phi) is 4.79. The molecule has 0 aromatic heterocycles. The zero-order valence-corrected chi connectivity index (χ0v) is 9.38. The van der Waals surface area contributed by atoms with Gasteiger partial charge in [0.15, 0.2) is 0 Å². The van der Waals surface area contributed by atoms with Gasteiger partial charge in [0.1, 0.15) is 0 Å². The van der Waals surface area contributed by atoms with Crippen LogP contribution in [-0.2, 0) is 4.74 Å². The van der Waals surface area contributed by atoms with Crippen LogP contribution < -0.4 is 0 Å². The molecule has 13 heavy (non-hydrogen) atoms. The maximum absolute atomic E-state index is 5.39. The van der Waals surface area contributed by atoms with Gasteiger partial charge in [0.2, 0.25) is 0 Å². The third-order valence-electron chi connectivity index (χ3n) is 3.40. The minimum atomic E-state index is 0.875. The van der Waals surface area contributed by atoms with Gasteiger partial charge < -0.3 is 4.74 Å². The third-order valence-corrected chi connectivity index (χ3v) is 3.40. The van der Waals surface area contributed by atoms with Crippen molar-refractivity contribution in [2.45, 2.75) is 46.5 Å². The molecule has 1 saturated carbocycles. The van der Waals surface area contributed by atoms with E-state index in [1.807, 2.05) is 0 Å². The van der Waals surface area contributed by atoms with E-state index in [4.69, 9.17) is 4.74 Å². The molecule has 1 aliphatic rings. The highest BCUT2D eigenvalue weighted by Crippen LogP contribution is 2.37. The van der Waals surface area contributed by atoms with E-state index < -0.39 is 0 Å². The summed E-state index contributed by atoms with van der Waals surface area (Å²) in [6, 6.07) is 0. The van der Waals surface area contributed by atoms with E-state index in [-0.39, 0.29) is 0 Å². The summed E-state index contributed by atoms with van der Waals surface area (Å²) < 4.78 is 5.39. The van der Waals surface area contributed by atoms with E-state index in [0.717, 1.165) is 31.0 Å². The molecule has 1 nitrogen and oxygen atoms in total. The van der Waals surface area contributed by atoms with E-state index in [1.54, 1.807) is 0 Å². The minimum Gasteiger partial charge on any atom is -0.382 e. The van der Waals surface area contributed by atoms with Gasteiger partial charge in [-0.3, -0.25) is 0 Å². The molecule has 0 saturated heterocycles. The molecule has 0 bridgehead atoms. The highest BCUT2D eigenvalue weighted by Gasteiger charge is 2.26. The fourth-order valence-corrected chi connectivity index (χ4v) is 2.38. The molecule has 0 radical (unpaired) electrons. The molecule has 1 heteroatoms. The second-order valence-electron chi connectivity index (χ2n) is 4.67. The van der Waals surface area contributed by atoms with Crippen LogP contribution in [0, 0.1) is 17.8 Å². The summed E-state index contributed by atoms with van der Waals surface area (Å²) in [6.45, 7) is 8.64. The molecule has 2 atom stereocenters. The lowest BCUT2D eigenvalue weighted by Gasteiger charge is -2.14. The first-order chi connectivity index (χ1) is 6.24. The highest BCUT2D eigenvalue weighted by molar-refractivity contribution is 4.77. The zero-order valence-electron chi connectivity index (χ0n) is 9.38. The monoisotopic (exact) mass is 184 g/mol. The Morgan fingerprint density at radius 3 is 2.62 bits per heavy atom. The number of rotatable bonds is 5. The van der Waals surface area contributed by atoms with Crippen LogP contribution in [0.15, 0.2) is 0 Å². The Labute approximate surface area is 82.9 Å². The van der Waals surface area contributed by atoms with Crippen molar-refractivity contribution in [2.75, 3.05) is 13.2 Å².